The van der Waals surface area contributed by atoms with Crippen molar-refractivity contribution in [3.05, 3.63) is 18.0 Å². The van der Waals surface area contributed by atoms with Gasteiger partial charge in [0.1, 0.15) is 0 Å². The lowest BCUT2D eigenvalue weighted by atomic mass is 9.78. The Bertz CT molecular complexity index is 342. The van der Waals surface area contributed by atoms with Crippen LogP contribution in [0.3, 0.4) is 0 Å². The zero-order valence-electron chi connectivity index (χ0n) is 9.89. The highest BCUT2D eigenvalue weighted by molar-refractivity contribution is 5.13. The lowest BCUT2D eigenvalue weighted by molar-refractivity contribution is 0.0332. The summed E-state index contributed by atoms with van der Waals surface area (Å²) in [5.74, 6) is 0. The summed E-state index contributed by atoms with van der Waals surface area (Å²) < 4.78 is 1.84. The van der Waals surface area contributed by atoms with Gasteiger partial charge in [-0.05, 0) is 19.8 Å². The number of nitrogens with zero attached hydrogens (tertiary/aromatic N) is 2. The Morgan fingerprint density at radius 1 is 1.56 bits per heavy atom. The topological polar surface area (TPSA) is 64.1 Å². The number of hydrogen-bond acceptors (Lipinski definition) is 3. The Balaban J connectivity index is 2.19. The predicted molar refractivity (Wildman–Crippen MR) is 62.8 cm³/mol. The predicted octanol–water partition coefficient (Wildman–Crippen LogP) is 1.46. The van der Waals surface area contributed by atoms with Crippen molar-refractivity contribution in [3.63, 3.8) is 0 Å². The molecule has 1 aromatic rings. The van der Waals surface area contributed by atoms with Gasteiger partial charge in [-0.1, -0.05) is 12.8 Å². The third-order valence-electron chi connectivity index (χ3n) is 3.88. The molecule has 0 bridgehead atoms. The molecular weight excluding hydrogens is 202 g/mol. The molecule has 0 aliphatic heterocycles. The summed E-state index contributed by atoms with van der Waals surface area (Å²) >= 11 is 0. The number of aliphatic hydroxyl groups excluding tert-OH is 1. The summed E-state index contributed by atoms with van der Waals surface area (Å²) in [6.45, 7) is 3.44. The molecule has 1 aromatic heterocycles. The van der Waals surface area contributed by atoms with E-state index in [1.165, 1.54) is 12.8 Å². The zero-order valence-corrected chi connectivity index (χ0v) is 9.89. The Kier molecular flexibility index (Phi) is 3.30. The average molecular weight is 223 g/mol. The van der Waals surface area contributed by atoms with Crippen molar-refractivity contribution in [3.8, 4) is 0 Å². The third-order valence-corrected chi connectivity index (χ3v) is 3.88. The quantitative estimate of drug-likeness (QED) is 0.812. The maximum Gasteiger partial charge on any atom is 0.0888 e. The van der Waals surface area contributed by atoms with Crippen molar-refractivity contribution < 1.29 is 5.11 Å². The van der Waals surface area contributed by atoms with E-state index in [2.05, 4.69) is 5.10 Å². The fourth-order valence-corrected chi connectivity index (χ4v) is 2.72. The number of aliphatic hydroxyl groups is 1. The molecule has 2 rings (SSSR count). The molecule has 1 heterocycles. The Morgan fingerprint density at radius 3 is 2.75 bits per heavy atom. The van der Waals surface area contributed by atoms with Crippen molar-refractivity contribution >= 4 is 0 Å². The first kappa shape index (κ1) is 11.6. The third kappa shape index (κ3) is 1.87. The summed E-state index contributed by atoms with van der Waals surface area (Å²) in [6.07, 6.45) is 7.65. The molecule has 1 aliphatic carbocycles. The molecule has 0 radical (unpaired) electrons. The molecule has 4 heteroatoms. The van der Waals surface area contributed by atoms with Gasteiger partial charge in [0.05, 0.1) is 12.3 Å². The second-order valence-electron chi connectivity index (χ2n) is 4.81. The van der Waals surface area contributed by atoms with Crippen molar-refractivity contribution in [1.82, 2.24) is 9.78 Å². The van der Waals surface area contributed by atoms with E-state index < -0.39 is 6.10 Å². The fraction of sp³-hybridized carbons (Fsp3) is 0.750. The van der Waals surface area contributed by atoms with Crippen LogP contribution in [0, 0.1) is 5.41 Å². The molecule has 1 saturated carbocycles. The normalized spacial score (nSPS) is 21.2. The molecule has 0 aromatic carbocycles. The van der Waals surface area contributed by atoms with E-state index >= 15 is 0 Å². The van der Waals surface area contributed by atoms with Gasteiger partial charge in [0.15, 0.2) is 0 Å². The fourth-order valence-electron chi connectivity index (χ4n) is 2.72. The van der Waals surface area contributed by atoms with Gasteiger partial charge in [0.25, 0.3) is 0 Å². The minimum absolute atomic E-state index is 0.110. The first-order chi connectivity index (χ1) is 7.72. The van der Waals surface area contributed by atoms with E-state index in [1.54, 1.807) is 6.20 Å². The zero-order chi connectivity index (χ0) is 11.6. The number of aryl methyl sites for hydroxylation is 1. The van der Waals surface area contributed by atoms with Gasteiger partial charge in [0, 0.05) is 30.3 Å². The first-order valence-corrected chi connectivity index (χ1v) is 6.12. The van der Waals surface area contributed by atoms with Crippen LogP contribution in [0.1, 0.15) is 44.3 Å². The van der Waals surface area contributed by atoms with Gasteiger partial charge in [-0.15, -0.1) is 0 Å². The monoisotopic (exact) mass is 223 g/mol. The van der Waals surface area contributed by atoms with Crippen LogP contribution in [0.25, 0.3) is 0 Å². The van der Waals surface area contributed by atoms with E-state index in [9.17, 15) is 5.11 Å². The standard InChI is InChI=1S/C12H21N3O/c1-2-15-8-10(7-14-15)11(16)12(9-13)5-3-4-6-12/h7-8,11,16H,2-6,9,13H2,1H3. The minimum Gasteiger partial charge on any atom is -0.388 e. The largest absolute Gasteiger partial charge is 0.388 e. The molecule has 1 unspecified atom stereocenters. The summed E-state index contributed by atoms with van der Waals surface area (Å²) in [7, 11) is 0. The molecule has 90 valence electrons. The number of rotatable bonds is 4. The lowest BCUT2D eigenvalue weighted by Crippen LogP contribution is -2.34. The van der Waals surface area contributed by atoms with Gasteiger partial charge in [-0.25, -0.2) is 0 Å². The molecule has 1 aliphatic rings. The Morgan fingerprint density at radius 2 is 2.25 bits per heavy atom. The van der Waals surface area contributed by atoms with Crippen LogP contribution >= 0.6 is 0 Å². The molecule has 16 heavy (non-hydrogen) atoms. The van der Waals surface area contributed by atoms with E-state index in [4.69, 9.17) is 5.73 Å². The molecule has 1 fully saturated rings. The van der Waals surface area contributed by atoms with E-state index in [0.29, 0.717) is 6.54 Å². The minimum atomic E-state index is -0.458. The van der Waals surface area contributed by atoms with E-state index in [1.807, 2.05) is 17.8 Å². The second-order valence-corrected chi connectivity index (χ2v) is 4.81. The molecule has 3 N–H and O–H groups in total. The van der Waals surface area contributed by atoms with Crippen LogP contribution in [0.15, 0.2) is 12.4 Å². The van der Waals surface area contributed by atoms with Gasteiger partial charge in [-0.2, -0.15) is 5.10 Å². The van der Waals surface area contributed by atoms with Crippen LogP contribution in [-0.2, 0) is 6.54 Å². The second kappa shape index (κ2) is 4.55. The molecule has 0 spiro atoms. The van der Waals surface area contributed by atoms with Crippen LogP contribution in [-0.4, -0.2) is 21.4 Å². The molecular formula is C12H21N3O. The Hall–Kier alpha value is -0.870. The molecule has 1 atom stereocenters. The Labute approximate surface area is 96.5 Å². The van der Waals surface area contributed by atoms with Gasteiger partial charge < -0.3 is 10.8 Å². The highest BCUT2D eigenvalue weighted by atomic mass is 16.3. The number of hydrogen-bond donors (Lipinski definition) is 2. The lowest BCUT2D eigenvalue weighted by Gasteiger charge is -2.32. The maximum absolute atomic E-state index is 10.4. The van der Waals surface area contributed by atoms with Crippen LogP contribution in [0.2, 0.25) is 0 Å². The highest BCUT2D eigenvalue weighted by Crippen LogP contribution is 2.46. The van der Waals surface area contributed by atoms with Crippen molar-refractivity contribution in [2.45, 2.75) is 45.3 Å². The smallest absolute Gasteiger partial charge is 0.0888 e. The number of aromatic nitrogens is 2. The van der Waals surface area contributed by atoms with E-state index in [-0.39, 0.29) is 5.41 Å². The van der Waals surface area contributed by atoms with Crippen LogP contribution in [0.4, 0.5) is 0 Å². The maximum atomic E-state index is 10.4. The van der Waals surface area contributed by atoms with Crippen molar-refractivity contribution in [2.75, 3.05) is 6.54 Å². The van der Waals surface area contributed by atoms with Crippen LogP contribution in [0.5, 0.6) is 0 Å². The van der Waals surface area contributed by atoms with Crippen molar-refractivity contribution in [1.29, 1.82) is 0 Å². The summed E-state index contributed by atoms with van der Waals surface area (Å²) in [4.78, 5) is 0. The van der Waals surface area contributed by atoms with Crippen molar-refractivity contribution in [2.24, 2.45) is 11.1 Å². The highest BCUT2D eigenvalue weighted by Gasteiger charge is 2.40. The summed E-state index contributed by atoms with van der Waals surface area (Å²) in [6, 6.07) is 0. The van der Waals surface area contributed by atoms with Gasteiger partial charge >= 0.3 is 0 Å². The van der Waals surface area contributed by atoms with E-state index in [0.717, 1.165) is 24.9 Å². The van der Waals surface area contributed by atoms with Crippen LogP contribution < -0.4 is 5.73 Å². The van der Waals surface area contributed by atoms with Gasteiger partial charge in [-0.3, -0.25) is 4.68 Å². The summed E-state index contributed by atoms with van der Waals surface area (Å²) in [5, 5.41) is 14.7. The van der Waals surface area contributed by atoms with Gasteiger partial charge in [0.2, 0.25) is 0 Å². The average Bonchev–Trinajstić information content (AvgIpc) is 2.98. The number of nitrogens with two attached hydrogens (primary N) is 1. The molecule has 4 nitrogen and oxygen atoms in total. The first-order valence-electron chi connectivity index (χ1n) is 6.12. The molecule has 0 amide bonds. The summed E-state index contributed by atoms with van der Waals surface area (Å²) in [5.41, 5.74) is 6.66. The SMILES string of the molecule is CCn1cc(C(O)C2(CN)CCCC2)cn1. The molecule has 0 saturated heterocycles.